The summed E-state index contributed by atoms with van der Waals surface area (Å²) in [5, 5.41) is 12.6. The van der Waals surface area contributed by atoms with Gasteiger partial charge >= 0.3 is 0 Å². The maximum atomic E-state index is 14.3. The van der Waals surface area contributed by atoms with Crippen LogP contribution >= 0.6 is 0 Å². The maximum Gasteiger partial charge on any atom is 0.149 e. The average Bonchev–Trinajstić information content (AvgIpc) is 2.76. The third-order valence-electron chi connectivity index (χ3n) is 4.15. The highest BCUT2D eigenvalue weighted by Gasteiger charge is 2.33. The lowest BCUT2D eigenvalue weighted by Crippen LogP contribution is -2.36. The van der Waals surface area contributed by atoms with Gasteiger partial charge in [-0.15, -0.1) is 0 Å². The Labute approximate surface area is 125 Å². The van der Waals surface area contributed by atoms with Gasteiger partial charge in [-0.2, -0.15) is 0 Å². The van der Waals surface area contributed by atoms with Crippen LogP contribution in [-0.2, 0) is 6.54 Å². The van der Waals surface area contributed by atoms with E-state index in [1.807, 2.05) is 20.8 Å². The van der Waals surface area contributed by atoms with E-state index in [0.717, 1.165) is 6.42 Å². The van der Waals surface area contributed by atoms with Crippen LogP contribution in [0.4, 0.5) is 14.5 Å². The van der Waals surface area contributed by atoms with E-state index < -0.39 is 11.6 Å². The maximum absolute atomic E-state index is 14.3. The second kappa shape index (κ2) is 6.71. The largest absolute Gasteiger partial charge is 0.394 e. The van der Waals surface area contributed by atoms with E-state index in [1.54, 1.807) is 4.90 Å². The summed E-state index contributed by atoms with van der Waals surface area (Å²) in [5.41, 5.74) is 0.585. The molecule has 0 radical (unpaired) electrons. The topological polar surface area (TPSA) is 35.5 Å². The van der Waals surface area contributed by atoms with Crippen LogP contribution in [0.15, 0.2) is 12.1 Å². The molecule has 118 valence electrons. The number of hydrogen-bond acceptors (Lipinski definition) is 3. The summed E-state index contributed by atoms with van der Waals surface area (Å²) in [7, 11) is 0. The number of nitrogens with zero attached hydrogens (tertiary/aromatic N) is 1. The Morgan fingerprint density at radius 2 is 1.95 bits per heavy atom. The minimum absolute atomic E-state index is 0.00769. The molecule has 1 saturated heterocycles. The molecule has 1 fully saturated rings. The van der Waals surface area contributed by atoms with Crippen molar-refractivity contribution >= 4 is 5.69 Å². The fourth-order valence-electron chi connectivity index (χ4n) is 2.88. The third kappa shape index (κ3) is 3.52. The zero-order valence-corrected chi connectivity index (χ0v) is 12.9. The Hall–Kier alpha value is -1.20. The van der Waals surface area contributed by atoms with Gasteiger partial charge in [0.15, 0.2) is 0 Å². The lowest BCUT2D eigenvalue weighted by Gasteiger charge is -2.28. The monoisotopic (exact) mass is 298 g/mol. The molecule has 0 saturated carbocycles. The Kier molecular flexibility index (Phi) is 5.17. The molecule has 1 aromatic carbocycles. The first-order chi connectivity index (χ1) is 9.93. The molecule has 0 aliphatic carbocycles. The summed E-state index contributed by atoms with van der Waals surface area (Å²) in [4.78, 5) is 1.66. The molecule has 1 aromatic rings. The lowest BCUT2D eigenvalue weighted by molar-refractivity contribution is 0.244. The summed E-state index contributed by atoms with van der Waals surface area (Å²) >= 11 is 0. The molecule has 0 bridgehead atoms. The van der Waals surface area contributed by atoms with E-state index in [0.29, 0.717) is 18.7 Å². The summed E-state index contributed by atoms with van der Waals surface area (Å²) in [6, 6.07) is 2.80. The van der Waals surface area contributed by atoms with Crippen LogP contribution in [0.2, 0.25) is 0 Å². The zero-order chi connectivity index (χ0) is 15.6. The predicted molar refractivity (Wildman–Crippen MR) is 80.3 cm³/mol. The number of halogens is 2. The quantitative estimate of drug-likeness (QED) is 0.877. The van der Waals surface area contributed by atoms with Gasteiger partial charge in [0.05, 0.1) is 12.6 Å². The SMILES string of the molecule is CC(C)NCc1cc(F)c(N2CCC(C)C2CO)c(F)c1. The molecule has 1 heterocycles. The number of aliphatic hydroxyl groups is 1. The number of benzene rings is 1. The Morgan fingerprint density at radius 1 is 1.33 bits per heavy atom. The standard InChI is InChI=1S/C16H24F2N2O/c1-10(2)19-8-12-6-13(17)16(14(18)7-12)20-5-4-11(3)15(20)9-21/h6-7,10-11,15,19,21H,4-5,8-9H2,1-3H3. The van der Waals surface area contributed by atoms with Crippen LogP contribution in [0, 0.1) is 17.6 Å². The van der Waals surface area contributed by atoms with Gasteiger partial charge in [0.25, 0.3) is 0 Å². The molecule has 1 aliphatic rings. The summed E-state index contributed by atoms with van der Waals surface area (Å²) in [6.45, 7) is 6.89. The normalized spacial score (nSPS) is 22.3. The van der Waals surface area contributed by atoms with Crippen molar-refractivity contribution in [2.24, 2.45) is 5.92 Å². The molecular weight excluding hydrogens is 274 g/mol. The third-order valence-corrected chi connectivity index (χ3v) is 4.15. The second-order valence-electron chi connectivity index (χ2n) is 6.15. The lowest BCUT2D eigenvalue weighted by atomic mass is 10.0. The number of aliphatic hydroxyl groups excluding tert-OH is 1. The van der Waals surface area contributed by atoms with Crippen molar-refractivity contribution in [1.29, 1.82) is 0 Å². The smallest absolute Gasteiger partial charge is 0.149 e. The molecule has 5 heteroatoms. The number of nitrogens with one attached hydrogen (secondary N) is 1. The van der Waals surface area contributed by atoms with Crippen LogP contribution in [-0.4, -0.2) is 30.3 Å². The van der Waals surface area contributed by atoms with Crippen molar-refractivity contribution in [3.8, 4) is 0 Å². The van der Waals surface area contributed by atoms with Crippen LogP contribution in [0.3, 0.4) is 0 Å². The molecule has 1 aliphatic heterocycles. The molecule has 2 atom stereocenters. The molecular formula is C16H24F2N2O. The average molecular weight is 298 g/mol. The van der Waals surface area contributed by atoms with E-state index in [2.05, 4.69) is 5.32 Å². The van der Waals surface area contributed by atoms with Crippen molar-refractivity contribution in [2.75, 3.05) is 18.1 Å². The number of hydrogen-bond donors (Lipinski definition) is 2. The minimum Gasteiger partial charge on any atom is -0.394 e. The zero-order valence-electron chi connectivity index (χ0n) is 12.9. The molecule has 2 N–H and O–H groups in total. The highest BCUT2D eigenvalue weighted by molar-refractivity contribution is 5.52. The molecule has 21 heavy (non-hydrogen) atoms. The fraction of sp³-hybridized carbons (Fsp3) is 0.625. The molecule has 2 rings (SSSR count). The minimum atomic E-state index is -0.553. The van der Waals surface area contributed by atoms with E-state index in [4.69, 9.17) is 0 Å². The van der Waals surface area contributed by atoms with Gasteiger partial charge in [0.1, 0.15) is 17.3 Å². The first-order valence-corrected chi connectivity index (χ1v) is 7.52. The highest BCUT2D eigenvalue weighted by Crippen LogP contribution is 2.33. The van der Waals surface area contributed by atoms with Gasteiger partial charge in [-0.25, -0.2) is 8.78 Å². The van der Waals surface area contributed by atoms with Gasteiger partial charge in [0, 0.05) is 19.1 Å². The fourth-order valence-corrected chi connectivity index (χ4v) is 2.88. The van der Waals surface area contributed by atoms with Crippen LogP contribution in [0.5, 0.6) is 0 Å². The van der Waals surface area contributed by atoms with E-state index in [1.165, 1.54) is 12.1 Å². The Morgan fingerprint density at radius 3 is 2.48 bits per heavy atom. The Balaban J connectivity index is 2.25. The van der Waals surface area contributed by atoms with Crippen LogP contribution < -0.4 is 10.2 Å². The van der Waals surface area contributed by atoms with Crippen LogP contribution in [0.1, 0.15) is 32.8 Å². The van der Waals surface area contributed by atoms with E-state index in [-0.39, 0.29) is 30.3 Å². The van der Waals surface area contributed by atoms with Crippen molar-refractivity contribution in [2.45, 2.75) is 45.8 Å². The Bertz CT molecular complexity index is 470. The first-order valence-electron chi connectivity index (χ1n) is 7.52. The van der Waals surface area contributed by atoms with E-state index >= 15 is 0 Å². The molecule has 0 spiro atoms. The van der Waals surface area contributed by atoms with E-state index in [9.17, 15) is 13.9 Å². The summed E-state index contributed by atoms with van der Waals surface area (Å²) < 4.78 is 28.7. The molecule has 3 nitrogen and oxygen atoms in total. The van der Waals surface area contributed by atoms with Gasteiger partial charge in [-0.3, -0.25) is 0 Å². The molecule has 2 unspecified atom stereocenters. The first kappa shape index (κ1) is 16.2. The second-order valence-corrected chi connectivity index (χ2v) is 6.15. The van der Waals surface area contributed by atoms with Crippen molar-refractivity contribution in [1.82, 2.24) is 5.32 Å². The summed E-state index contributed by atoms with van der Waals surface area (Å²) in [6.07, 6.45) is 0.834. The van der Waals surface area contributed by atoms with Crippen LogP contribution in [0.25, 0.3) is 0 Å². The van der Waals surface area contributed by atoms with Gasteiger partial charge in [-0.05, 0) is 30.0 Å². The van der Waals surface area contributed by atoms with Crippen molar-refractivity contribution in [3.05, 3.63) is 29.3 Å². The summed E-state index contributed by atoms with van der Waals surface area (Å²) in [5.74, 6) is -0.873. The van der Waals surface area contributed by atoms with Crippen molar-refractivity contribution in [3.63, 3.8) is 0 Å². The number of rotatable bonds is 5. The van der Waals surface area contributed by atoms with Crippen molar-refractivity contribution < 1.29 is 13.9 Å². The molecule has 0 amide bonds. The van der Waals surface area contributed by atoms with Gasteiger partial charge < -0.3 is 15.3 Å². The number of anilines is 1. The van der Waals surface area contributed by atoms with Gasteiger partial charge in [0.2, 0.25) is 0 Å². The van der Waals surface area contributed by atoms with Gasteiger partial charge in [-0.1, -0.05) is 20.8 Å². The highest BCUT2D eigenvalue weighted by atomic mass is 19.1. The predicted octanol–water partition coefficient (Wildman–Crippen LogP) is 2.67. The molecule has 0 aromatic heterocycles.